The Morgan fingerprint density at radius 2 is 1.88 bits per heavy atom. The molecule has 6 nitrogen and oxygen atoms in total. The van der Waals surface area contributed by atoms with Crippen molar-refractivity contribution in [2.45, 2.75) is 25.2 Å². The van der Waals surface area contributed by atoms with E-state index in [0.717, 1.165) is 30.3 Å². The minimum atomic E-state index is -0.986. The Morgan fingerprint density at radius 3 is 2.62 bits per heavy atom. The summed E-state index contributed by atoms with van der Waals surface area (Å²) < 4.78 is 53.9. The molecule has 9 heteroatoms. The first-order valence-corrected chi connectivity index (χ1v) is 9.92. The van der Waals surface area contributed by atoms with Crippen LogP contribution in [0.3, 0.4) is 0 Å². The molecular formula is C23H19F3N2O4. The summed E-state index contributed by atoms with van der Waals surface area (Å²) in [6.07, 6.45) is 2.20. The number of hydrogen-bond acceptors (Lipinski definition) is 6. The average molecular weight is 444 g/mol. The van der Waals surface area contributed by atoms with Crippen LogP contribution in [0.15, 0.2) is 48.8 Å². The number of aromatic nitrogens is 2. The van der Waals surface area contributed by atoms with Crippen LogP contribution in [0.4, 0.5) is 13.2 Å². The van der Waals surface area contributed by atoms with Crippen molar-refractivity contribution in [3.05, 3.63) is 83.1 Å². The Balaban J connectivity index is 1.62. The number of rotatable bonds is 6. The molecule has 3 heterocycles. The van der Waals surface area contributed by atoms with E-state index in [4.69, 9.17) is 9.47 Å². The Hall–Kier alpha value is -3.14. The fourth-order valence-electron chi connectivity index (χ4n) is 3.46. The highest BCUT2D eigenvalue weighted by Gasteiger charge is 2.27. The van der Waals surface area contributed by atoms with Gasteiger partial charge in [0.05, 0.1) is 24.9 Å². The lowest BCUT2D eigenvalue weighted by atomic mass is 10.0. The van der Waals surface area contributed by atoms with Crippen molar-refractivity contribution in [1.29, 1.82) is 0 Å². The third-order valence-electron chi connectivity index (χ3n) is 5.11. The van der Waals surface area contributed by atoms with E-state index in [-0.39, 0.29) is 24.8 Å². The second kappa shape index (κ2) is 9.56. The molecule has 1 aliphatic heterocycles. The van der Waals surface area contributed by atoms with Gasteiger partial charge in [0.1, 0.15) is 28.8 Å². The van der Waals surface area contributed by atoms with Gasteiger partial charge in [-0.05, 0) is 42.3 Å². The quantitative estimate of drug-likeness (QED) is 0.583. The third kappa shape index (κ3) is 4.55. The molecule has 0 spiro atoms. The molecule has 4 rings (SSSR count). The fourth-order valence-corrected chi connectivity index (χ4v) is 3.46. The number of aliphatic hydroxyl groups is 1. The van der Waals surface area contributed by atoms with Gasteiger partial charge in [-0.2, -0.15) is 0 Å². The second-order valence-electron chi connectivity index (χ2n) is 7.23. The molecule has 1 fully saturated rings. The maximum absolute atomic E-state index is 14.3. The lowest BCUT2D eigenvalue weighted by Gasteiger charge is -2.30. The molecule has 1 saturated heterocycles. The highest BCUT2D eigenvalue weighted by atomic mass is 19.1. The molecular weight excluding hydrogens is 425 g/mol. The zero-order valence-corrected chi connectivity index (χ0v) is 16.8. The van der Waals surface area contributed by atoms with Gasteiger partial charge in [0, 0.05) is 24.4 Å². The molecule has 2 aromatic heterocycles. The van der Waals surface area contributed by atoms with Gasteiger partial charge >= 0.3 is 0 Å². The number of ketones is 1. The van der Waals surface area contributed by atoms with Gasteiger partial charge in [-0.3, -0.25) is 9.78 Å². The van der Waals surface area contributed by atoms with Crippen LogP contribution in [0.25, 0.3) is 11.3 Å². The molecule has 0 aliphatic carbocycles. The van der Waals surface area contributed by atoms with Gasteiger partial charge in [0.2, 0.25) is 0 Å². The fraction of sp³-hybridized carbons (Fsp3) is 0.261. The monoisotopic (exact) mass is 444 g/mol. The molecule has 0 radical (unpaired) electrons. The molecule has 0 saturated carbocycles. The highest BCUT2D eigenvalue weighted by molar-refractivity contribution is 5.96. The maximum Gasteiger partial charge on any atom is 0.185 e. The van der Waals surface area contributed by atoms with Crippen LogP contribution < -0.4 is 0 Å². The summed E-state index contributed by atoms with van der Waals surface area (Å²) in [7, 11) is 0. The highest BCUT2D eigenvalue weighted by Crippen LogP contribution is 2.30. The van der Waals surface area contributed by atoms with Gasteiger partial charge in [-0.15, -0.1) is 0 Å². The third-order valence-corrected chi connectivity index (χ3v) is 5.11. The van der Waals surface area contributed by atoms with Gasteiger partial charge in [0.25, 0.3) is 0 Å². The summed E-state index contributed by atoms with van der Waals surface area (Å²) in [4.78, 5) is 20.9. The summed E-state index contributed by atoms with van der Waals surface area (Å²) >= 11 is 0. The standard InChI is InChI=1S/C23H19F3N2O4/c24-16-2-1-3-17(25)21(16)22-18(26)4-5-19(28-22)20(30)10-13-11-27-8-6-15(13)23-31-9-7-14(12-29)32-23/h1-6,8,11,14,23,29H,7,9-10,12H2/t14-,23-/m0/s1. The first-order valence-electron chi connectivity index (χ1n) is 9.92. The second-order valence-corrected chi connectivity index (χ2v) is 7.23. The van der Waals surface area contributed by atoms with Crippen molar-refractivity contribution in [1.82, 2.24) is 9.97 Å². The minimum Gasteiger partial charge on any atom is -0.394 e. The normalized spacial score (nSPS) is 18.5. The topological polar surface area (TPSA) is 81.5 Å². The lowest BCUT2D eigenvalue weighted by molar-refractivity contribution is -0.224. The van der Waals surface area contributed by atoms with Crippen LogP contribution in [-0.4, -0.2) is 40.2 Å². The van der Waals surface area contributed by atoms with Crippen LogP contribution >= 0.6 is 0 Å². The van der Waals surface area contributed by atoms with Gasteiger partial charge < -0.3 is 14.6 Å². The van der Waals surface area contributed by atoms with E-state index in [0.29, 0.717) is 24.2 Å². The Bertz CT molecular complexity index is 1120. The largest absolute Gasteiger partial charge is 0.394 e. The van der Waals surface area contributed by atoms with E-state index in [1.54, 1.807) is 6.07 Å². The molecule has 0 bridgehead atoms. The molecule has 0 amide bonds. The molecule has 3 aromatic rings. The summed E-state index contributed by atoms with van der Waals surface area (Å²) in [5.74, 6) is -3.43. The number of benzene rings is 1. The summed E-state index contributed by atoms with van der Waals surface area (Å²) in [5.41, 5.74) is -0.319. The van der Waals surface area contributed by atoms with E-state index >= 15 is 0 Å². The molecule has 1 aliphatic rings. The molecule has 2 atom stereocenters. The molecule has 1 aromatic carbocycles. The SMILES string of the molecule is O=C(Cc1cnccc1[C@H]1OCC[C@@H](CO)O1)c1ccc(F)c(-c2c(F)cccc2F)n1. The number of aliphatic hydroxyl groups excluding tert-OH is 1. The Kier molecular flexibility index (Phi) is 6.59. The van der Waals surface area contributed by atoms with Crippen molar-refractivity contribution >= 4 is 5.78 Å². The number of carbonyl (C=O) groups is 1. The van der Waals surface area contributed by atoms with Crippen molar-refractivity contribution < 1.29 is 32.5 Å². The van der Waals surface area contributed by atoms with Gasteiger partial charge in [-0.25, -0.2) is 18.2 Å². The van der Waals surface area contributed by atoms with Crippen LogP contribution in [0, 0.1) is 17.5 Å². The predicted molar refractivity (Wildman–Crippen MR) is 107 cm³/mol. The maximum atomic E-state index is 14.3. The summed E-state index contributed by atoms with van der Waals surface area (Å²) in [6, 6.07) is 6.88. The van der Waals surface area contributed by atoms with E-state index in [9.17, 15) is 23.1 Å². The number of halogens is 3. The summed E-state index contributed by atoms with van der Waals surface area (Å²) in [5, 5.41) is 9.36. The number of carbonyl (C=O) groups excluding carboxylic acids is 1. The Morgan fingerprint density at radius 1 is 1.09 bits per heavy atom. The van der Waals surface area contributed by atoms with Crippen molar-refractivity contribution in [3.63, 3.8) is 0 Å². The lowest BCUT2D eigenvalue weighted by Crippen LogP contribution is -2.30. The predicted octanol–water partition coefficient (Wildman–Crippen LogP) is 3.78. The van der Waals surface area contributed by atoms with E-state index in [2.05, 4.69) is 9.97 Å². The van der Waals surface area contributed by atoms with Crippen LogP contribution in [0.5, 0.6) is 0 Å². The first kappa shape index (κ1) is 22.1. The average Bonchev–Trinajstić information content (AvgIpc) is 2.80. The van der Waals surface area contributed by atoms with Crippen molar-refractivity contribution in [2.75, 3.05) is 13.2 Å². The number of ether oxygens (including phenoxy) is 2. The number of nitrogens with zero attached hydrogens (tertiary/aromatic N) is 2. The molecule has 1 N–H and O–H groups in total. The van der Waals surface area contributed by atoms with Crippen molar-refractivity contribution in [2.24, 2.45) is 0 Å². The van der Waals surface area contributed by atoms with Crippen LogP contribution in [0.1, 0.15) is 34.3 Å². The zero-order valence-electron chi connectivity index (χ0n) is 16.8. The van der Waals surface area contributed by atoms with Gasteiger partial charge in [-0.1, -0.05) is 6.07 Å². The van der Waals surface area contributed by atoms with Crippen molar-refractivity contribution in [3.8, 4) is 11.3 Å². The first-order chi connectivity index (χ1) is 15.5. The van der Waals surface area contributed by atoms with Crippen LogP contribution in [0.2, 0.25) is 0 Å². The van der Waals surface area contributed by atoms with E-state index in [1.165, 1.54) is 12.4 Å². The smallest absolute Gasteiger partial charge is 0.185 e. The Labute approximate surface area is 181 Å². The molecule has 32 heavy (non-hydrogen) atoms. The van der Waals surface area contributed by atoms with E-state index in [1.807, 2.05) is 0 Å². The van der Waals surface area contributed by atoms with Crippen LogP contribution in [-0.2, 0) is 15.9 Å². The van der Waals surface area contributed by atoms with Gasteiger partial charge in [0.15, 0.2) is 12.1 Å². The molecule has 0 unspecified atom stereocenters. The minimum absolute atomic E-state index is 0.155. The number of pyridine rings is 2. The number of hydrogen-bond donors (Lipinski definition) is 1. The summed E-state index contributed by atoms with van der Waals surface area (Å²) in [6.45, 7) is 0.219. The number of Topliss-reactive ketones (excluding diaryl/α,β-unsaturated/α-hetero) is 1. The van der Waals surface area contributed by atoms with E-state index < -0.39 is 40.8 Å². The zero-order chi connectivity index (χ0) is 22.7. The molecule has 166 valence electrons.